The molecule has 1 saturated carbocycles. The number of carbonyl (C=O) groups is 2. The first-order valence-corrected chi connectivity index (χ1v) is 10.5. The molecule has 1 aromatic carbocycles. The molecule has 1 aliphatic heterocycles. The molecule has 152 valence electrons. The van der Waals surface area contributed by atoms with Gasteiger partial charge in [-0.2, -0.15) is 0 Å². The van der Waals surface area contributed by atoms with Gasteiger partial charge in [-0.15, -0.1) is 11.8 Å². The Kier molecular flexibility index (Phi) is 5.68. The highest BCUT2D eigenvalue weighted by Crippen LogP contribution is 2.49. The van der Waals surface area contributed by atoms with Crippen LogP contribution in [0.5, 0.6) is 0 Å². The van der Waals surface area contributed by atoms with Crippen LogP contribution in [0.3, 0.4) is 0 Å². The van der Waals surface area contributed by atoms with Crippen molar-refractivity contribution >= 4 is 23.6 Å². The number of amides is 2. The highest BCUT2D eigenvalue weighted by Gasteiger charge is 2.38. The highest BCUT2D eigenvalue weighted by molar-refractivity contribution is 8.00. The van der Waals surface area contributed by atoms with Gasteiger partial charge < -0.3 is 5.32 Å². The van der Waals surface area contributed by atoms with E-state index in [1.165, 1.54) is 17.3 Å². The van der Waals surface area contributed by atoms with Crippen LogP contribution in [0.25, 0.3) is 0 Å². The fourth-order valence-corrected chi connectivity index (χ4v) is 5.46. The van der Waals surface area contributed by atoms with Crippen molar-refractivity contribution in [1.82, 2.24) is 20.3 Å². The number of nitrogens with zero attached hydrogens (tertiary/aromatic N) is 2. The fourth-order valence-electron chi connectivity index (χ4n) is 3.98. The predicted molar refractivity (Wildman–Crippen MR) is 107 cm³/mol. The van der Waals surface area contributed by atoms with Crippen molar-refractivity contribution in [3.63, 3.8) is 0 Å². The molecule has 0 saturated heterocycles. The van der Waals surface area contributed by atoms with Gasteiger partial charge in [-0.1, -0.05) is 25.0 Å². The number of carbonyl (C=O) groups excluding carboxylic acids is 2. The van der Waals surface area contributed by atoms with Crippen molar-refractivity contribution in [3.05, 3.63) is 57.6 Å². The molecule has 0 bridgehead atoms. The molecule has 8 nitrogen and oxygen atoms in total. The summed E-state index contributed by atoms with van der Waals surface area (Å²) in [4.78, 5) is 41.0. The zero-order chi connectivity index (χ0) is 20.4. The SMILES string of the molecule is O=C(Cn1cnc2c(c1=O)C1CCCCC1S2)NCc1ccc(C(=O)NO)cc1. The second kappa shape index (κ2) is 8.38. The number of fused-ring (bicyclic) bond motifs is 3. The van der Waals surface area contributed by atoms with Crippen LogP contribution in [0.4, 0.5) is 0 Å². The van der Waals surface area contributed by atoms with Crippen LogP contribution in [-0.2, 0) is 17.9 Å². The third kappa shape index (κ3) is 4.06. The predicted octanol–water partition coefficient (Wildman–Crippen LogP) is 1.81. The summed E-state index contributed by atoms with van der Waals surface area (Å²) in [5, 5.41) is 12.7. The van der Waals surface area contributed by atoms with Crippen LogP contribution < -0.4 is 16.4 Å². The Morgan fingerprint density at radius 3 is 2.72 bits per heavy atom. The maximum absolute atomic E-state index is 12.9. The molecular formula is C20H22N4O4S. The summed E-state index contributed by atoms with van der Waals surface area (Å²) < 4.78 is 1.39. The first-order chi connectivity index (χ1) is 14.1. The van der Waals surface area contributed by atoms with Gasteiger partial charge in [-0.3, -0.25) is 24.2 Å². The van der Waals surface area contributed by atoms with Gasteiger partial charge in [-0.25, -0.2) is 10.5 Å². The molecule has 29 heavy (non-hydrogen) atoms. The second-order valence-electron chi connectivity index (χ2n) is 7.36. The van der Waals surface area contributed by atoms with Gasteiger partial charge in [0, 0.05) is 23.3 Å². The smallest absolute Gasteiger partial charge is 0.274 e. The Bertz CT molecular complexity index is 989. The lowest BCUT2D eigenvalue weighted by Gasteiger charge is -2.23. The molecule has 1 aliphatic carbocycles. The Labute approximate surface area is 171 Å². The lowest BCUT2D eigenvalue weighted by molar-refractivity contribution is -0.121. The van der Waals surface area contributed by atoms with Gasteiger partial charge >= 0.3 is 0 Å². The third-order valence-corrected chi connectivity index (χ3v) is 6.91. The molecule has 1 aromatic heterocycles. The summed E-state index contributed by atoms with van der Waals surface area (Å²) in [7, 11) is 0. The number of hydrogen-bond donors (Lipinski definition) is 3. The van der Waals surface area contributed by atoms with E-state index in [2.05, 4.69) is 10.3 Å². The van der Waals surface area contributed by atoms with E-state index >= 15 is 0 Å². The molecule has 0 spiro atoms. The average molecular weight is 414 g/mol. The molecule has 3 N–H and O–H groups in total. The number of aromatic nitrogens is 2. The summed E-state index contributed by atoms with van der Waals surface area (Å²) in [6.07, 6.45) is 5.93. The zero-order valence-electron chi connectivity index (χ0n) is 15.8. The number of benzene rings is 1. The first-order valence-electron chi connectivity index (χ1n) is 9.63. The molecule has 2 heterocycles. The number of thioether (sulfide) groups is 1. The van der Waals surface area contributed by atoms with E-state index < -0.39 is 5.91 Å². The van der Waals surface area contributed by atoms with Crippen molar-refractivity contribution in [2.45, 2.75) is 55.0 Å². The number of rotatable bonds is 5. The van der Waals surface area contributed by atoms with Crippen LogP contribution in [0.2, 0.25) is 0 Å². The van der Waals surface area contributed by atoms with E-state index in [0.717, 1.165) is 35.4 Å². The minimum Gasteiger partial charge on any atom is -0.350 e. The molecule has 2 aromatic rings. The largest absolute Gasteiger partial charge is 0.350 e. The van der Waals surface area contributed by atoms with Crippen LogP contribution in [0.1, 0.15) is 53.1 Å². The average Bonchev–Trinajstić information content (AvgIpc) is 3.13. The summed E-state index contributed by atoms with van der Waals surface area (Å²) in [5.74, 6) is -0.617. The Balaban J connectivity index is 1.39. The molecule has 2 aliphatic rings. The summed E-state index contributed by atoms with van der Waals surface area (Å²) >= 11 is 1.71. The van der Waals surface area contributed by atoms with Crippen LogP contribution in [-0.4, -0.2) is 31.8 Å². The lowest BCUT2D eigenvalue weighted by atomic mass is 9.85. The van der Waals surface area contributed by atoms with Gasteiger partial charge in [0.25, 0.3) is 11.5 Å². The monoisotopic (exact) mass is 414 g/mol. The molecule has 4 rings (SSSR count). The molecule has 1 fully saturated rings. The van der Waals surface area contributed by atoms with Crippen molar-refractivity contribution < 1.29 is 14.8 Å². The van der Waals surface area contributed by atoms with E-state index in [1.54, 1.807) is 41.5 Å². The van der Waals surface area contributed by atoms with Gasteiger partial charge in [0.15, 0.2) is 0 Å². The molecule has 9 heteroatoms. The van der Waals surface area contributed by atoms with Crippen LogP contribution in [0.15, 0.2) is 40.4 Å². The van der Waals surface area contributed by atoms with E-state index in [-0.39, 0.29) is 30.5 Å². The Morgan fingerprint density at radius 2 is 1.97 bits per heavy atom. The summed E-state index contributed by atoms with van der Waals surface area (Å²) in [6.45, 7) is 0.194. The van der Waals surface area contributed by atoms with E-state index in [9.17, 15) is 14.4 Å². The van der Waals surface area contributed by atoms with E-state index in [0.29, 0.717) is 10.8 Å². The minimum atomic E-state index is -0.595. The quantitative estimate of drug-likeness (QED) is 0.391. The lowest BCUT2D eigenvalue weighted by Crippen LogP contribution is -2.34. The normalized spacial score (nSPS) is 19.9. The number of nitrogens with one attached hydrogen (secondary N) is 2. The first kappa shape index (κ1) is 19.7. The van der Waals surface area contributed by atoms with Crippen molar-refractivity contribution in [2.24, 2.45) is 0 Å². The van der Waals surface area contributed by atoms with E-state index in [1.807, 2.05) is 0 Å². The molecule has 2 amide bonds. The van der Waals surface area contributed by atoms with Gasteiger partial charge in [0.05, 0.1) is 11.9 Å². The Hall–Kier alpha value is -2.65. The Morgan fingerprint density at radius 1 is 1.21 bits per heavy atom. The maximum atomic E-state index is 12.9. The second-order valence-corrected chi connectivity index (χ2v) is 8.59. The van der Waals surface area contributed by atoms with Gasteiger partial charge in [-0.05, 0) is 30.5 Å². The molecule has 2 atom stereocenters. The topological polar surface area (TPSA) is 113 Å². The highest BCUT2D eigenvalue weighted by atomic mass is 32.2. The zero-order valence-corrected chi connectivity index (χ0v) is 16.6. The summed E-state index contributed by atoms with van der Waals surface area (Å²) in [6, 6.07) is 6.49. The fraction of sp³-hybridized carbons (Fsp3) is 0.400. The summed E-state index contributed by atoms with van der Waals surface area (Å²) in [5.41, 5.74) is 3.37. The molecule has 2 unspecified atom stereocenters. The third-order valence-electron chi connectivity index (χ3n) is 5.49. The van der Waals surface area contributed by atoms with Gasteiger partial charge in [0.2, 0.25) is 5.91 Å². The standard InChI is InChI=1S/C20H22N4O4S/c25-16(21-9-12-5-7-13(8-6-12)18(26)23-28)10-24-11-22-19-17(20(24)27)14-3-1-2-4-15(14)29-19/h5-8,11,14-15,28H,1-4,9-10H2,(H,21,25)(H,23,26). The van der Waals surface area contributed by atoms with Crippen molar-refractivity contribution in [2.75, 3.05) is 0 Å². The van der Waals surface area contributed by atoms with Gasteiger partial charge in [0.1, 0.15) is 11.6 Å². The van der Waals surface area contributed by atoms with Crippen molar-refractivity contribution in [3.8, 4) is 0 Å². The minimum absolute atomic E-state index is 0.0772. The molecular weight excluding hydrogens is 392 g/mol. The maximum Gasteiger partial charge on any atom is 0.274 e. The van der Waals surface area contributed by atoms with Crippen molar-refractivity contribution in [1.29, 1.82) is 0 Å². The van der Waals surface area contributed by atoms with Crippen LogP contribution in [0, 0.1) is 0 Å². The van der Waals surface area contributed by atoms with Crippen LogP contribution >= 0.6 is 11.8 Å². The number of hydroxylamine groups is 1. The van der Waals surface area contributed by atoms with E-state index in [4.69, 9.17) is 5.21 Å². The molecule has 0 radical (unpaired) electrons. The number of hydrogen-bond acceptors (Lipinski definition) is 6.